The first-order valence-electron chi connectivity index (χ1n) is 9.32. The number of fused-ring (bicyclic) bond motifs is 1. The number of para-hydroxylation sites is 1. The van der Waals surface area contributed by atoms with Crippen molar-refractivity contribution in [3.63, 3.8) is 0 Å². The second-order valence-electron chi connectivity index (χ2n) is 6.76. The Hall–Kier alpha value is -2.31. The minimum atomic E-state index is -0.166. The van der Waals surface area contributed by atoms with Gasteiger partial charge in [0.25, 0.3) is 5.56 Å². The number of nitrogens with zero attached hydrogens (tertiary/aromatic N) is 3. The summed E-state index contributed by atoms with van der Waals surface area (Å²) in [4.78, 5) is 32.3. The Labute approximate surface area is 172 Å². The van der Waals surface area contributed by atoms with Crippen molar-refractivity contribution in [2.24, 2.45) is 0 Å². The van der Waals surface area contributed by atoms with Gasteiger partial charge in [0, 0.05) is 18.1 Å². The van der Waals surface area contributed by atoms with Gasteiger partial charge in [0.05, 0.1) is 22.3 Å². The number of carbonyl (C=O) groups excluding carboxylic acids is 1. The highest BCUT2D eigenvalue weighted by atomic mass is 35.5. The molecule has 1 saturated heterocycles. The molecule has 1 aliphatic rings. The van der Waals surface area contributed by atoms with Crippen molar-refractivity contribution in [2.45, 2.75) is 24.4 Å². The Morgan fingerprint density at radius 3 is 2.64 bits per heavy atom. The van der Waals surface area contributed by atoms with Crippen molar-refractivity contribution >= 4 is 40.2 Å². The molecule has 5 nitrogen and oxygen atoms in total. The van der Waals surface area contributed by atoms with E-state index in [0.29, 0.717) is 26.8 Å². The van der Waals surface area contributed by atoms with Gasteiger partial charge in [0.2, 0.25) is 5.91 Å². The number of thioether (sulfide) groups is 1. The molecule has 0 aliphatic carbocycles. The number of benzene rings is 2. The van der Waals surface area contributed by atoms with Crippen LogP contribution >= 0.6 is 23.4 Å². The summed E-state index contributed by atoms with van der Waals surface area (Å²) in [7, 11) is 0. The minimum absolute atomic E-state index is 0.0877. The number of likely N-dealkylation sites (tertiary alicyclic amines) is 1. The summed E-state index contributed by atoms with van der Waals surface area (Å²) in [5.41, 5.74) is 1.10. The van der Waals surface area contributed by atoms with Crippen LogP contribution in [0.4, 0.5) is 0 Å². The van der Waals surface area contributed by atoms with E-state index in [9.17, 15) is 9.59 Å². The molecule has 1 aromatic heterocycles. The standard InChI is InChI=1S/C21H20ClN3O2S/c22-15-7-6-8-16(13-15)25-20(27)17-9-2-3-10-18(17)23-21(25)28-14-19(26)24-11-4-1-5-12-24/h2-3,6-10,13H,1,4-5,11-12,14H2. The molecule has 4 rings (SSSR count). The van der Waals surface area contributed by atoms with E-state index in [4.69, 9.17) is 11.6 Å². The van der Waals surface area contributed by atoms with Gasteiger partial charge in [0.1, 0.15) is 0 Å². The smallest absolute Gasteiger partial charge is 0.266 e. The van der Waals surface area contributed by atoms with Crippen LogP contribution < -0.4 is 5.56 Å². The molecule has 1 fully saturated rings. The maximum Gasteiger partial charge on any atom is 0.266 e. The van der Waals surface area contributed by atoms with Crippen LogP contribution in [0.1, 0.15) is 19.3 Å². The van der Waals surface area contributed by atoms with Crippen LogP contribution in [0.5, 0.6) is 0 Å². The fraction of sp³-hybridized carbons (Fsp3) is 0.286. The van der Waals surface area contributed by atoms with E-state index in [1.807, 2.05) is 29.2 Å². The first kappa shape index (κ1) is 19.0. The second kappa shape index (κ2) is 8.37. The zero-order valence-corrected chi connectivity index (χ0v) is 16.9. The van der Waals surface area contributed by atoms with E-state index >= 15 is 0 Å². The normalized spacial score (nSPS) is 14.4. The van der Waals surface area contributed by atoms with Gasteiger partial charge in [-0.25, -0.2) is 4.98 Å². The van der Waals surface area contributed by atoms with Crippen LogP contribution in [0, 0.1) is 0 Å². The van der Waals surface area contributed by atoms with Crippen molar-refractivity contribution in [3.05, 3.63) is 63.9 Å². The van der Waals surface area contributed by atoms with E-state index < -0.39 is 0 Å². The lowest BCUT2D eigenvalue weighted by molar-refractivity contribution is -0.129. The third-order valence-corrected chi connectivity index (χ3v) is 6.00. The van der Waals surface area contributed by atoms with Gasteiger partial charge in [0.15, 0.2) is 5.16 Å². The summed E-state index contributed by atoms with van der Waals surface area (Å²) >= 11 is 7.44. The summed E-state index contributed by atoms with van der Waals surface area (Å²) in [5.74, 6) is 0.343. The Kier molecular flexibility index (Phi) is 5.69. The summed E-state index contributed by atoms with van der Waals surface area (Å²) in [6, 6.07) is 14.4. The maximum absolute atomic E-state index is 13.2. The van der Waals surface area contributed by atoms with E-state index in [0.717, 1.165) is 25.9 Å². The first-order valence-corrected chi connectivity index (χ1v) is 10.7. The molecule has 0 bridgehead atoms. The van der Waals surface area contributed by atoms with E-state index in [1.165, 1.54) is 18.2 Å². The number of carbonyl (C=O) groups is 1. The summed E-state index contributed by atoms with van der Waals surface area (Å²) < 4.78 is 1.54. The number of halogens is 1. The average Bonchev–Trinajstić information content (AvgIpc) is 2.73. The predicted octanol–water partition coefficient (Wildman–Crippen LogP) is 4.14. The Bertz CT molecular complexity index is 1080. The average molecular weight is 414 g/mol. The highest BCUT2D eigenvalue weighted by Crippen LogP contribution is 2.23. The fourth-order valence-electron chi connectivity index (χ4n) is 3.41. The van der Waals surface area contributed by atoms with Gasteiger partial charge in [-0.2, -0.15) is 0 Å². The number of hydrogen-bond acceptors (Lipinski definition) is 4. The maximum atomic E-state index is 13.2. The van der Waals surface area contributed by atoms with Crippen molar-refractivity contribution in [1.29, 1.82) is 0 Å². The molecule has 0 saturated carbocycles. The zero-order valence-electron chi connectivity index (χ0n) is 15.3. The van der Waals surface area contributed by atoms with Crippen molar-refractivity contribution < 1.29 is 4.79 Å². The van der Waals surface area contributed by atoms with Crippen LogP contribution in [0.3, 0.4) is 0 Å². The molecule has 0 N–H and O–H groups in total. The quantitative estimate of drug-likeness (QED) is 0.476. The molecule has 0 unspecified atom stereocenters. The van der Waals surface area contributed by atoms with Crippen molar-refractivity contribution in [3.8, 4) is 5.69 Å². The molecule has 2 aromatic carbocycles. The van der Waals surface area contributed by atoms with Gasteiger partial charge < -0.3 is 4.90 Å². The number of amides is 1. The molecule has 2 heterocycles. The van der Waals surface area contributed by atoms with Crippen LogP contribution in [-0.2, 0) is 4.79 Å². The molecule has 0 radical (unpaired) electrons. The summed E-state index contributed by atoms with van der Waals surface area (Å²) in [6.07, 6.45) is 3.28. The fourth-order valence-corrected chi connectivity index (χ4v) is 4.51. The molecule has 1 amide bonds. The summed E-state index contributed by atoms with van der Waals surface area (Å²) in [5, 5.41) is 1.57. The van der Waals surface area contributed by atoms with Gasteiger partial charge in [-0.1, -0.05) is 41.6 Å². The lowest BCUT2D eigenvalue weighted by atomic mass is 10.1. The van der Waals surface area contributed by atoms with Crippen LogP contribution in [0.2, 0.25) is 5.02 Å². The third kappa shape index (κ3) is 3.93. The van der Waals surface area contributed by atoms with Gasteiger partial charge in [-0.05, 0) is 49.6 Å². The molecule has 1 aliphatic heterocycles. The Morgan fingerprint density at radius 2 is 1.86 bits per heavy atom. The second-order valence-corrected chi connectivity index (χ2v) is 8.14. The summed E-state index contributed by atoms with van der Waals surface area (Å²) in [6.45, 7) is 1.62. The van der Waals surface area contributed by atoms with Crippen LogP contribution in [0.15, 0.2) is 58.5 Å². The molecule has 144 valence electrons. The molecule has 0 spiro atoms. The molecule has 28 heavy (non-hydrogen) atoms. The van der Waals surface area contributed by atoms with E-state index in [-0.39, 0.29) is 17.2 Å². The Balaban J connectivity index is 1.72. The van der Waals surface area contributed by atoms with E-state index in [2.05, 4.69) is 4.98 Å². The third-order valence-electron chi connectivity index (χ3n) is 4.84. The van der Waals surface area contributed by atoms with Gasteiger partial charge in [-0.15, -0.1) is 0 Å². The largest absolute Gasteiger partial charge is 0.342 e. The lowest BCUT2D eigenvalue weighted by Crippen LogP contribution is -2.36. The molecular formula is C21H20ClN3O2S. The van der Waals surface area contributed by atoms with Gasteiger partial charge in [-0.3, -0.25) is 14.2 Å². The molecule has 3 aromatic rings. The predicted molar refractivity (Wildman–Crippen MR) is 114 cm³/mol. The minimum Gasteiger partial charge on any atom is -0.342 e. The lowest BCUT2D eigenvalue weighted by Gasteiger charge is -2.26. The number of aromatic nitrogens is 2. The van der Waals surface area contributed by atoms with Crippen LogP contribution in [-0.4, -0.2) is 39.2 Å². The van der Waals surface area contributed by atoms with Gasteiger partial charge >= 0.3 is 0 Å². The highest BCUT2D eigenvalue weighted by molar-refractivity contribution is 7.99. The number of rotatable bonds is 4. The number of hydrogen-bond donors (Lipinski definition) is 0. The molecular weight excluding hydrogens is 394 g/mol. The molecule has 0 atom stereocenters. The first-order chi connectivity index (χ1) is 13.6. The monoisotopic (exact) mass is 413 g/mol. The zero-order chi connectivity index (χ0) is 19.5. The van der Waals surface area contributed by atoms with Crippen molar-refractivity contribution in [1.82, 2.24) is 14.5 Å². The Morgan fingerprint density at radius 1 is 1.07 bits per heavy atom. The SMILES string of the molecule is O=C(CSc1nc2ccccc2c(=O)n1-c1cccc(Cl)c1)N1CCCCC1. The topological polar surface area (TPSA) is 55.2 Å². The molecule has 7 heteroatoms. The van der Waals surface area contributed by atoms with E-state index in [1.54, 1.807) is 28.8 Å². The highest BCUT2D eigenvalue weighted by Gasteiger charge is 2.19. The number of piperidine rings is 1. The van der Waals surface area contributed by atoms with Crippen molar-refractivity contribution in [2.75, 3.05) is 18.8 Å². The van der Waals surface area contributed by atoms with Crippen LogP contribution in [0.25, 0.3) is 16.6 Å².